The van der Waals surface area contributed by atoms with Crippen LogP contribution in [0.4, 0.5) is 0 Å². The first-order valence-electron chi connectivity index (χ1n) is 6.28. The van der Waals surface area contributed by atoms with Crippen LogP contribution in [-0.2, 0) is 0 Å². The van der Waals surface area contributed by atoms with Gasteiger partial charge in [-0.15, -0.1) is 0 Å². The van der Waals surface area contributed by atoms with E-state index in [-0.39, 0.29) is 0 Å². The zero-order valence-corrected chi connectivity index (χ0v) is 9.47. The smallest absolute Gasteiger partial charge is 0.0658 e. The first-order valence-corrected chi connectivity index (χ1v) is 6.28. The van der Waals surface area contributed by atoms with Gasteiger partial charge in [-0.05, 0) is 25.2 Å². The average Bonchev–Trinajstić information content (AvgIpc) is 2.65. The number of hydrogen-bond donors (Lipinski definition) is 0. The van der Waals surface area contributed by atoms with Gasteiger partial charge in [-0.1, -0.05) is 45.4 Å². The molecule has 1 rings (SSSR count). The fourth-order valence-corrected chi connectivity index (χ4v) is 2.56. The van der Waals surface area contributed by atoms with Crippen LogP contribution < -0.4 is 0 Å². The summed E-state index contributed by atoms with van der Waals surface area (Å²) in [5.41, 5.74) is 0. The third-order valence-corrected chi connectivity index (χ3v) is 3.50. The Kier molecular flexibility index (Phi) is 5.68. The van der Waals surface area contributed by atoms with Gasteiger partial charge in [0.05, 0.1) is 6.07 Å². The summed E-state index contributed by atoms with van der Waals surface area (Å²) in [4.78, 5) is 0. The number of nitrogens with zero attached hydrogens (tertiary/aromatic N) is 1. The lowest BCUT2D eigenvalue weighted by atomic mass is 9.91. The van der Waals surface area contributed by atoms with Gasteiger partial charge in [-0.25, -0.2) is 0 Å². The van der Waals surface area contributed by atoms with Crippen LogP contribution in [0.15, 0.2) is 0 Å². The maximum atomic E-state index is 8.93. The van der Waals surface area contributed by atoms with Crippen molar-refractivity contribution in [1.29, 1.82) is 5.26 Å². The van der Waals surface area contributed by atoms with Crippen molar-refractivity contribution in [2.45, 2.75) is 64.7 Å². The van der Waals surface area contributed by atoms with Gasteiger partial charge in [0.1, 0.15) is 0 Å². The predicted octanol–water partition coefficient (Wildman–Crippen LogP) is 4.29. The number of hydrogen-bond acceptors (Lipinski definition) is 1. The highest BCUT2D eigenvalue weighted by Gasteiger charge is 2.25. The normalized spacial score (nSPS) is 26.3. The van der Waals surface area contributed by atoms with E-state index in [1.807, 2.05) is 0 Å². The molecule has 1 saturated carbocycles. The summed E-state index contributed by atoms with van der Waals surface area (Å²) in [6, 6.07) is 2.47. The van der Waals surface area contributed by atoms with Gasteiger partial charge >= 0.3 is 0 Å². The molecule has 0 bridgehead atoms. The molecule has 0 aromatic heterocycles. The van der Waals surface area contributed by atoms with Crippen LogP contribution in [0.1, 0.15) is 64.7 Å². The molecule has 0 N–H and O–H groups in total. The SMILES string of the molecule is CCCCCCCC1CCCC1C#N. The van der Waals surface area contributed by atoms with Crippen LogP contribution in [0, 0.1) is 23.2 Å². The van der Waals surface area contributed by atoms with E-state index in [0.29, 0.717) is 5.92 Å². The summed E-state index contributed by atoms with van der Waals surface area (Å²) >= 11 is 0. The second kappa shape index (κ2) is 6.87. The van der Waals surface area contributed by atoms with E-state index in [4.69, 9.17) is 5.26 Å². The second-order valence-electron chi connectivity index (χ2n) is 4.63. The molecule has 0 saturated heterocycles. The molecular formula is C13H23N. The number of unbranched alkanes of at least 4 members (excludes halogenated alkanes) is 4. The van der Waals surface area contributed by atoms with Gasteiger partial charge in [0.15, 0.2) is 0 Å². The number of rotatable bonds is 6. The monoisotopic (exact) mass is 193 g/mol. The van der Waals surface area contributed by atoms with Gasteiger partial charge in [-0.2, -0.15) is 5.26 Å². The van der Waals surface area contributed by atoms with Crippen LogP contribution in [0.5, 0.6) is 0 Å². The van der Waals surface area contributed by atoms with E-state index in [9.17, 15) is 0 Å². The largest absolute Gasteiger partial charge is 0.198 e. The predicted molar refractivity (Wildman–Crippen MR) is 59.8 cm³/mol. The first-order chi connectivity index (χ1) is 6.88. The van der Waals surface area contributed by atoms with E-state index < -0.39 is 0 Å². The molecule has 14 heavy (non-hydrogen) atoms. The van der Waals surface area contributed by atoms with E-state index in [1.165, 1.54) is 51.4 Å². The van der Waals surface area contributed by atoms with E-state index >= 15 is 0 Å². The maximum Gasteiger partial charge on any atom is 0.0658 e. The summed E-state index contributed by atoms with van der Waals surface area (Å²) < 4.78 is 0. The molecule has 2 atom stereocenters. The lowest BCUT2D eigenvalue weighted by molar-refractivity contribution is 0.409. The Morgan fingerprint density at radius 1 is 1.14 bits per heavy atom. The Morgan fingerprint density at radius 3 is 2.64 bits per heavy atom. The molecule has 1 nitrogen and oxygen atoms in total. The van der Waals surface area contributed by atoms with Gasteiger partial charge in [0.25, 0.3) is 0 Å². The van der Waals surface area contributed by atoms with Crippen molar-refractivity contribution in [2.24, 2.45) is 11.8 Å². The second-order valence-corrected chi connectivity index (χ2v) is 4.63. The van der Waals surface area contributed by atoms with Gasteiger partial charge in [0.2, 0.25) is 0 Å². The lowest BCUT2D eigenvalue weighted by Crippen LogP contribution is -2.05. The molecule has 2 unspecified atom stereocenters. The molecule has 0 aromatic carbocycles. The first kappa shape index (κ1) is 11.6. The molecule has 80 valence electrons. The van der Waals surface area contributed by atoms with Crippen LogP contribution in [0.3, 0.4) is 0 Å². The van der Waals surface area contributed by atoms with Gasteiger partial charge < -0.3 is 0 Å². The Bertz CT molecular complexity index is 180. The molecule has 1 fully saturated rings. The van der Waals surface area contributed by atoms with Crippen LogP contribution in [0.25, 0.3) is 0 Å². The summed E-state index contributed by atoms with van der Waals surface area (Å²) in [7, 11) is 0. The molecule has 0 spiro atoms. The minimum atomic E-state index is 0.390. The number of nitriles is 1. The molecule has 0 heterocycles. The zero-order chi connectivity index (χ0) is 10.2. The molecule has 0 aromatic rings. The molecular weight excluding hydrogens is 170 g/mol. The van der Waals surface area contributed by atoms with E-state index in [2.05, 4.69) is 13.0 Å². The van der Waals surface area contributed by atoms with E-state index in [1.54, 1.807) is 0 Å². The van der Waals surface area contributed by atoms with Crippen LogP contribution in [-0.4, -0.2) is 0 Å². The Balaban J connectivity index is 2.03. The molecule has 1 aliphatic carbocycles. The van der Waals surface area contributed by atoms with Crippen molar-refractivity contribution >= 4 is 0 Å². The fraction of sp³-hybridized carbons (Fsp3) is 0.923. The minimum absolute atomic E-state index is 0.390. The highest BCUT2D eigenvalue weighted by atomic mass is 14.4. The minimum Gasteiger partial charge on any atom is -0.198 e. The summed E-state index contributed by atoms with van der Waals surface area (Å²) in [5.74, 6) is 1.13. The topological polar surface area (TPSA) is 23.8 Å². The van der Waals surface area contributed by atoms with Crippen LogP contribution >= 0.6 is 0 Å². The highest BCUT2D eigenvalue weighted by molar-refractivity contribution is 4.92. The summed E-state index contributed by atoms with van der Waals surface area (Å²) in [6.45, 7) is 2.25. The fourth-order valence-electron chi connectivity index (χ4n) is 2.56. The van der Waals surface area contributed by atoms with Gasteiger partial charge in [-0.3, -0.25) is 0 Å². The molecule has 0 radical (unpaired) electrons. The third-order valence-electron chi connectivity index (χ3n) is 3.50. The van der Waals surface area contributed by atoms with Crippen molar-refractivity contribution in [3.05, 3.63) is 0 Å². The van der Waals surface area contributed by atoms with Gasteiger partial charge in [0, 0.05) is 5.92 Å². The Morgan fingerprint density at radius 2 is 1.93 bits per heavy atom. The summed E-state index contributed by atoms with van der Waals surface area (Å²) in [5, 5.41) is 8.93. The Hall–Kier alpha value is -0.510. The summed E-state index contributed by atoms with van der Waals surface area (Å²) in [6.07, 6.45) is 11.9. The average molecular weight is 193 g/mol. The third kappa shape index (κ3) is 3.70. The highest BCUT2D eigenvalue weighted by Crippen LogP contribution is 2.34. The van der Waals surface area contributed by atoms with E-state index in [0.717, 1.165) is 12.3 Å². The lowest BCUT2D eigenvalue weighted by Gasteiger charge is -2.12. The van der Waals surface area contributed by atoms with Crippen molar-refractivity contribution in [3.8, 4) is 6.07 Å². The van der Waals surface area contributed by atoms with Crippen molar-refractivity contribution < 1.29 is 0 Å². The molecule has 0 aliphatic heterocycles. The van der Waals surface area contributed by atoms with Crippen molar-refractivity contribution in [1.82, 2.24) is 0 Å². The Labute approximate surface area is 88.5 Å². The maximum absolute atomic E-state index is 8.93. The quantitative estimate of drug-likeness (QED) is 0.577. The van der Waals surface area contributed by atoms with Crippen molar-refractivity contribution in [2.75, 3.05) is 0 Å². The molecule has 0 amide bonds. The zero-order valence-electron chi connectivity index (χ0n) is 9.47. The van der Waals surface area contributed by atoms with Crippen LogP contribution in [0.2, 0.25) is 0 Å². The molecule has 1 heteroatoms. The van der Waals surface area contributed by atoms with Crippen molar-refractivity contribution in [3.63, 3.8) is 0 Å². The standard InChI is InChI=1S/C13H23N/c1-2-3-4-5-6-8-12-9-7-10-13(12)11-14/h12-13H,2-10H2,1H3. The molecule has 1 aliphatic rings.